The zero-order valence-corrected chi connectivity index (χ0v) is 15.2. The van der Waals surface area contributed by atoms with Crippen molar-refractivity contribution in [1.29, 1.82) is 0 Å². The molecule has 0 radical (unpaired) electrons. The molecule has 7 heteroatoms. The van der Waals surface area contributed by atoms with Gasteiger partial charge in [-0.3, -0.25) is 14.5 Å². The summed E-state index contributed by atoms with van der Waals surface area (Å²) in [5, 5.41) is 5.37. The lowest BCUT2D eigenvalue weighted by Crippen LogP contribution is -2.42. The number of urea groups is 1. The van der Waals surface area contributed by atoms with E-state index < -0.39 is 23.4 Å². The molecule has 1 atom stereocenters. The van der Waals surface area contributed by atoms with Crippen molar-refractivity contribution in [2.45, 2.75) is 19.4 Å². The number of para-hydroxylation sites is 2. The normalized spacial score (nSPS) is 19.0. The Labute approximate surface area is 157 Å². The first kappa shape index (κ1) is 18.4. The zero-order valence-electron chi connectivity index (χ0n) is 15.2. The molecular formula is C20H21N3O4. The van der Waals surface area contributed by atoms with Crippen LogP contribution in [0.5, 0.6) is 5.75 Å². The Kier molecular flexibility index (Phi) is 5.12. The van der Waals surface area contributed by atoms with E-state index in [1.165, 1.54) is 0 Å². The molecular weight excluding hydrogens is 346 g/mol. The lowest BCUT2D eigenvalue weighted by molar-refractivity contribution is -0.133. The van der Waals surface area contributed by atoms with Crippen molar-refractivity contribution < 1.29 is 19.1 Å². The summed E-state index contributed by atoms with van der Waals surface area (Å²) in [7, 11) is 0. The van der Waals surface area contributed by atoms with Crippen molar-refractivity contribution in [2.75, 3.05) is 18.5 Å². The molecule has 1 aliphatic heterocycles. The molecule has 1 fully saturated rings. The van der Waals surface area contributed by atoms with Gasteiger partial charge in [0.2, 0.25) is 5.91 Å². The van der Waals surface area contributed by atoms with Crippen LogP contribution < -0.4 is 15.4 Å². The van der Waals surface area contributed by atoms with E-state index in [0.717, 1.165) is 4.90 Å². The molecule has 1 heterocycles. The molecule has 2 aromatic carbocycles. The molecule has 1 saturated heterocycles. The average molecular weight is 367 g/mol. The Morgan fingerprint density at radius 1 is 1.11 bits per heavy atom. The molecule has 4 amide bonds. The third kappa shape index (κ3) is 3.62. The number of carbonyl (C=O) groups excluding carboxylic acids is 3. The predicted octanol–water partition coefficient (Wildman–Crippen LogP) is 2.49. The van der Waals surface area contributed by atoms with Crippen LogP contribution in [-0.2, 0) is 15.1 Å². The molecule has 1 aliphatic rings. The summed E-state index contributed by atoms with van der Waals surface area (Å²) in [4.78, 5) is 38.5. The lowest BCUT2D eigenvalue weighted by Gasteiger charge is -2.22. The summed E-state index contributed by atoms with van der Waals surface area (Å²) in [6, 6.07) is 15.3. The second kappa shape index (κ2) is 7.49. The molecule has 2 N–H and O–H groups in total. The zero-order chi connectivity index (χ0) is 19.4. The van der Waals surface area contributed by atoms with Gasteiger partial charge in [-0.15, -0.1) is 0 Å². The second-order valence-corrected chi connectivity index (χ2v) is 6.29. The van der Waals surface area contributed by atoms with Crippen molar-refractivity contribution in [2.24, 2.45) is 0 Å². The van der Waals surface area contributed by atoms with E-state index in [1.54, 1.807) is 55.5 Å². The summed E-state index contributed by atoms with van der Waals surface area (Å²) in [5.74, 6) is -0.422. The van der Waals surface area contributed by atoms with Gasteiger partial charge in [0.15, 0.2) is 0 Å². The first-order chi connectivity index (χ1) is 13.0. The van der Waals surface area contributed by atoms with E-state index in [2.05, 4.69) is 10.6 Å². The predicted molar refractivity (Wildman–Crippen MR) is 100 cm³/mol. The fourth-order valence-corrected chi connectivity index (χ4v) is 2.99. The van der Waals surface area contributed by atoms with Crippen LogP contribution in [-0.4, -0.2) is 35.9 Å². The minimum absolute atomic E-state index is 0.381. The number of carbonyl (C=O) groups is 3. The van der Waals surface area contributed by atoms with E-state index in [0.29, 0.717) is 23.6 Å². The summed E-state index contributed by atoms with van der Waals surface area (Å²) in [6.45, 7) is 3.55. The van der Waals surface area contributed by atoms with Crippen LogP contribution in [0.4, 0.5) is 10.5 Å². The average Bonchev–Trinajstić information content (AvgIpc) is 2.88. The van der Waals surface area contributed by atoms with Crippen LogP contribution in [0, 0.1) is 0 Å². The fraction of sp³-hybridized carbons (Fsp3) is 0.250. The Bertz CT molecular complexity index is 869. The van der Waals surface area contributed by atoms with E-state index in [9.17, 15) is 14.4 Å². The van der Waals surface area contributed by atoms with E-state index in [4.69, 9.17) is 4.74 Å². The molecule has 140 valence electrons. The number of nitrogens with one attached hydrogen (secondary N) is 2. The monoisotopic (exact) mass is 367 g/mol. The maximum Gasteiger partial charge on any atom is 0.325 e. The van der Waals surface area contributed by atoms with Crippen molar-refractivity contribution in [3.63, 3.8) is 0 Å². The SMILES string of the molecule is CCOc1ccccc1NC(=O)CN1C(=O)N[C@](C)(c2ccccc2)C1=O. The largest absolute Gasteiger partial charge is 0.492 e. The highest BCUT2D eigenvalue weighted by Gasteiger charge is 2.49. The molecule has 3 rings (SSSR count). The lowest BCUT2D eigenvalue weighted by atomic mass is 9.92. The van der Waals surface area contributed by atoms with Gasteiger partial charge in [-0.05, 0) is 31.5 Å². The van der Waals surface area contributed by atoms with E-state index >= 15 is 0 Å². The highest BCUT2D eigenvalue weighted by atomic mass is 16.5. The standard InChI is InChI=1S/C20H21N3O4/c1-3-27-16-12-8-7-11-15(16)21-17(24)13-23-18(25)20(2,22-19(23)26)14-9-5-4-6-10-14/h4-12H,3,13H2,1-2H3,(H,21,24)(H,22,26)/t20-/m1/s1. The van der Waals surface area contributed by atoms with Crippen LogP contribution in [0.2, 0.25) is 0 Å². The topological polar surface area (TPSA) is 87.7 Å². The van der Waals surface area contributed by atoms with Gasteiger partial charge in [-0.1, -0.05) is 42.5 Å². The number of nitrogens with zero attached hydrogens (tertiary/aromatic N) is 1. The molecule has 0 aliphatic carbocycles. The van der Waals surface area contributed by atoms with Gasteiger partial charge >= 0.3 is 6.03 Å². The summed E-state index contributed by atoms with van der Waals surface area (Å²) >= 11 is 0. The molecule has 2 aromatic rings. The first-order valence-corrected chi connectivity index (χ1v) is 8.67. The van der Waals surface area contributed by atoms with Crippen LogP contribution in [0.15, 0.2) is 54.6 Å². The highest BCUT2D eigenvalue weighted by molar-refractivity contribution is 6.10. The summed E-state index contributed by atoms with van der Waals surface area (Å²) in [5.41, 5.74) is -0.0443. The third-order valence-corrected chi connectivity index (χ3v) is 4.39. The smallest absolute Gasteiger partial charge is 0.325 e. The van der Waals surface area contributed by atoms with E-state index in [-0.39, 0.29) is 6.54 Å². The molecule has 0 bridgehead atoms. The van der Waals surface area contributed by atoms with Gasteiger partial charge in [-0.2, -0.15) is 0 Å². The maximum atomic E-state index is 12.8. The Hall–Kier alpha value is -3.35. The fourth-order valence-electron chi connectivity index (χ4n) is 2.99. The first-order valence-electron chi connectivity index (χ1n) is 8.67. The van der Waals surface area contributed by atoms with Crippen LogP contribution in [0.1, 0.15) is 19.4 Å². The van der Waals surface area contributed by atoms with Crippen molar-refractivity contribution >= 4 is 23.5 Å². The molecule has 27 heavy (non-hydrogen) atoms. The van der Waals surface area contributed by atoms with Gasteiger partial charge in [-0.25, -0.2) is 4.79 Å². The van der Waals surface area contributed by atoms with Gasteiger partial charge in [0, 0.05) is 0 Å². The van der Waals surface area contributed by atoms with Gasteiger partial charge < -0.3 is 15.4 Å². The molecule has 0 aromatic heterocycles. The second-order valence-electron chi connectivity index (χ2n) is 6.29. The minimum Gasteiger partial charge on any atom is -0.492 e. The van der Waals surface area contributed by atoms with Crippen molar-refractivity contribution in [3.05, 3.63) is 60.2 Å². The van der Waals surface area contributed by atoms with Crippen molar-refractivity contribution in [1.82, 2.24) is 10.2 Å². The van der Waals surface area contributed by atoms with Crippen LogP contribution >= 0.6 is 0 Å². The Morgan fingerprint density at radius 3 is 2.48 bits per heavy atom. The molecule has 7 nitrogen and oxygen atoms in total. The number of benzene rings is 2. The number of anilines is 1. The number of hydrogen-bond acceptors (Lipinski definition) is 4. The number of imide groups is 1. The van der Waals surface area contributed by atoms with Crippen molar-refractivity contribution in [3.8, 4) is 5.75 Å². The third-order valence-electron chi connectivity index (χ3n) is 4.39. The Balaban J connectivity index is 1.73. The highest BCUT2D eigenvalue weighted by Crippen LogP contribution is 2.29. The van der Waals surface area contributed by atoms with Gasteiger partial charge in [0.05, 0.1) is 12.3 Å². The number of hydrogen-bond donors (Lipinski definition) is 2. The van der Waals surface area contributed by atoms with Crippen LogP contribution in [0.3, 0.4) is 0 Å². The van der Waals surface area contributed by atoms with Gasteiger partial charge in [0.1, 0.15) is 17.8 Å². The number of ether oxygens (including phenoxy) is 1. The molecule has 0 unspecified atom stereocenters. The Morgan fingerprint density at radius 2 is 1.78 bits per heavy atom. The molecule has 0 spiro atoms. The van der Waals surface area contributed by atoms with E-state index in [1.807, 2.05) is 13.0 Å². The maximum absolute atomic E-state index is 12.8. The number of amides is 4. The van der Waals surface area contributed by atoms with Gasteiger partial charge in [0.25, 0.3) is 5.91 Å². The quantitative estimate of drug-likeness (QED) is 0.768. The minimum atomic E-state index is -1.19. The molecule has 0 saturated carbocycles. The van der Waals surface area contributed by atoms with Crippen LogP contribution in [0.25, 0.3) is 0 Å². The summed E-state index contributed by atoms with van der Waals surface area (Å²) < 4.78 is 5.47. The number of rotatable bonds is 6. The summed E-state index contributed by atoms with van der Waals surface area (Å²) in [6.07, 6.45) is 0.